The first kappa shape index (κ1) is 15.8. The molecule has 0 radical (unpaired) electrons. The number of carbonyl (C=O) groups is 1. The molecule has 122 valence electrons. The molecule has 1 aromatic heterocycles. The number of aromatic nitrogens is 4. The molecule has 1 heterocycles. The van der Waals surface area contributed by atoms with Crippen molar-refractivity contribution in [1.82, 2.24) is 20.6 Å². The second kappa shape index (κ2) is 6.99. The maximum Gasteiger partial charge on any atom is 0.235 e. The van der Waals surface area contributed by atoms with E-state index in [1.165, 1.54) is 12.1 Å². The molecule has 0 spiro atoms. The fraction of sp³-hybridized carbons (Fsp3) is 0.176. The minimum Gasteiger partial charge on any atom is -0.325 e. The summed E-state index contributed by atoms with van der Waals surface area (Å²) in [7, 11) is 0. The van der Waals surface area contributed by atoms with Gasteiger partial charge in [-0.15, -0.1) is 10.2 Å². The van der Waals surface area contributed by atoms with Crippen LogP contribution in [0, 0.1) is 12.7 Å². The number of carbonyl (C=O) groups excluding carboxylic acids is 1. The van der Waals surface area contributed by atoms with Crippen molar-refractivity contribution in [3.63, 3.8) is 0 Å². The summed E-state index contributed by atoms with van der Waals surface area (Å²) in [6.07, 6.45) is 0.345. The zero-order valence-corrected chi connectivity index (χ0v) is 13.0. The largest absolute Gasteiger partial charge is 0.325 e. The highest BCUT2D eigenvalue weighted by atomic mass is 19.1. The van der Waals surface area contributed by atoms with Crippen molar-refractivity contribution in [1.29, 1.82) is 0 Å². The van der Waals surface area contributed by atoms with E-state index in [0.29, 0.717) is 17.9 Å². The predicted molar refractivity (Wildman–Crippen MR) is 86.8 cm³/mol. The smallest absolute Gasteiger partial charge is 0.235 e. The zero-order valence-electron chi connectivity index (χ0n) is 13.0. The number of hydrogen-bond donors (Lipinski definition) is 2. The van der Waals surface area contributed by atoms with E-state index in [0.717, 1.165) is 11.1 Å². The van der Waals surface area contributed by atoms with E-state index in [4.69, 9.17) is 0 Å². The topological polar surface area (TPSA) is 83.6 Å². The summed E-state index contributed by atoms with van der Waals surface area (Å²) in [5, 5.41) is 16.6. The van der Waals surface area contributed by atoms with Gasteiger partial charge in [0.05, 0.1) is 0 Å². The van der Waals surface area contributed by atoms with Gasteiger partial charge >= 0.3 is 0 Å². The number of aromatic amines is 1. The van der Waals surface area contributed by atoms with Crippen LogP contribution in [0.2, 0.25) is 0 Å². The minimum absolute atomic E-state index is 0.246. The molecule has 0 unspecified atom stereocenters. The predicted octanol–water partition coefficient (Wildman–Crippen LogP) is 2.61. The van der Waals surface area contributed by atoms with Crippen molar-refractivity contribution in [2.24, 2.45) is 0 Å². The monoisotopic (exact) mass is 325 g/mol. The highest BCUT2D eigenvalue weighted by Crippen LogP contribution is 2.20. The van der Waals surface area contributed by atoms with Crippen LogP contribution in [0.25, 0.3) is 0 Å². The molecule has 2 aromatic carbocycles. The van der Waals surface area contributed by atoms with Gasteiger partial charge in [0.15, 0.2) is 5.82 Å². The van der Waals surface area contributed by atoms with Crippen LogP contribution in [-0.4, -0.2) is 26.5 Å². The summed E-state index contributed by atoms with van der Waals surface area (Å²) in [6, 6.07) is 13.5. The molecule has 6 nitrogen and oxygen atoms in total. The number of aryl methyl sites for hydroxylation is 1. The number of hydrogen-bond acceptors (Lipinski definition) is 4. The first-order chi connectivity index (χ1) is 11.6. The van der Waals surface area contributed by atoms with Gasteiger partial charge in [-0.3, -0.25) is 4.79 Å². The molecule has 0 aliphatic heterocycles. The Morgan fingerprint density at radius 3 is 2.50 bits per heavy atom. The summed E-state index contributed by atoms with van der Waals surface area (Å²) >= 11 is 0. The van der Waals surface area contributed by atoms with E-state index in [1.54, 1.807) is 12.1 Å². The lowest BCUT2D eigenvalue weighted by atomic mass is 9.97. The van der Waals surface area contributed by atoms with Crippen molar-refractivity contribution in [2.45, 2.75) is 19.3 Å². The van der Waals surface area contributed by atoms with Crippen LogP contribution in [0.5, 0.6) is 0 Å². The molecule has 2 N–H and O–H groups in total. The van der Waals surface area contributed by atoms with Crippen molar-refractivity contribution < 1.29 is 9.18 Å². The van der Waals surface area contributed by atoms with E-state index in [2.05, 4.69) is 25.9 Å². The molecular weight excluding hydrogens is 309 g/mol. The number of amides is 1. The molecule has 0 aliphatic rings. The Hall–Kier alpha value is -3.09. The van der Waals surface area contributed by atoms with Gasteiger partial charge in [-0.05, 0) is 43.2 Å². The third kappa shape index (κ3) is 3.81. The maximum atomic E-state index is 13.1. The Morgan fingerprint density at radius 1 is 1.17 bits per heavy atom. The summed E-state index contributed by atoms with van der Waals surface area (Å²) in [4.78, 5) is 12.7. The van der Waals surface area contributed by atoms with Crippen molar-refractivity contribution in [3.05, 3.63) is 71.3 Å². The lowest BCUT2D eigenvalue weighted by Crippen LogP contribution is -2.24. The molecule has 7 heteroatoms. The van der Waals surface area contributed by atoms with Crippen LogP contribution in [0.15, 0.2) is 48.5 Å². The lowest BCUT2D eigenvalue weighted by Gasteiger charge is -2.14. The SMILES string of the molecule is Cc1ccc(NC(=O)[C@@H](Cc2ccc(F)cc2)c2nn[nH]n2)cc1. The normalized spacial score (nSPS) is 11.9. The zero-order chi connectivity index (χ0) is 16.9. The number of H-pyrrole nitrogens is 1. The van der Waals surface area contributed by atoms with E-state index < -0.39 is 5.92 Å². The molecule has 3 rings (SSSR count). The van der Waals surface area contributed by atoms with Gasteiger partial charge in [0, 0.05) is 5.69 Å². The summed E-state index contributed by atoms with van der Waals surface area (Å²) in [6.45, 7) is 1.97. The Morgan fingerprint density at radius 2 is 1.88 bits per heavy atom. The Kier molecular flexibility index (Phi) is 4.60. The molecule has 24 heavy (non-hydrogen) atoms. The Labute approximate surface area is 138 Å². The van der Waals surface area contributed by atoms with Gasteiger partial charge in [0.25, 0.3) is 0 Å². The Balaban J connectivity index is 1.80. The number of nitrogens with zero attached hydrogens (tertiary/aromatic N) is 3. The van der Waals surface area contributed by atoms with Crippen LogP contribution >= 0.6 is 0 Å². The van der Waals surface area contributed by atoms with Crippen LogP contribution < -0.4 is 5.32 Å². The van der Waals surface area contributed by atoms with Gasteiger partial charge < -0.3 is 5.32 Å². The summed E-state index contributed by atoms with van der Waals surface area (Å²) < 4.78 is 13.1. The van der Waals surface area contributed by atoms with E-state index in [1.807, 2.05) is 31.2 Å². The summed E-state index contributed by atoms with van der Waals surface area (Å²) in [5.41, 5.74) is 2.61. The van der Waals surface area contributed by atoms with Crippen molar-refractivity contribution >= 4 is 11.6 Å². The highest BCUT2D eigenvalue weighted by molar-refractivity contribution is 5.95. The number of tetrazole rings is 1. The maximum absolute atomic E-state index is 13.1. The van der Waals surface area contributed by atoms with Crippen molar-refractivity contribution in [3.8, 4) is 0 Å². The van der Waals surface area contributed by atoms with E-state index >= 15 is 0 Å². The van der Waals surface area contributed by atoms with Gasteiger partial charge in [-0.25, -0.2) is 4.39 Å². The standard InChI is InChI=1S/C17H16FN5O/c1-11-2-8-14(9-3-11)19-17(24)15(16-20-22-23-21-16)10-12-4-6-13(18)7-5-12/h2-9,15H,10H2,1H3,(H,19,24)(H,20,21,22,23)/t15-/m0/s1. The van der Waals surface area contributed by atoms with Gasteiger partial charge in [-0.1, -0.05) is 35.0 Å². The quantitative estimate of drug-likeness (QED) is 0.755. The van der Waals surface area contributed by atoms with Gasteiger partial charge in [0.2, 0.25) is 5.91 Å². The lowest BCUT2D eigenvalue weighted by molar-refractivity contribution is -0.117. The van der Waals surface area contributed by atoms with Crippen LogP contribution in [-0.2, 0) is 11.2 Å². The number of anilines is 1. The first-order valence-electron chi connectivity index (χ1n) is 7.47. The number of nitrogens with one attached hydrogen (secondary N) is 2. The highest BCUT2D eigenvalue weighted by Gasteiger charge is 2.25. The molecular formula is C17H16FN5O. The minimum atomic E-state index is -0.629. The second-order valence-corrected chi connectivity index (χ2v) is 5.51. The van der Waals surface area contributed by atoms with Crippen molar-refractivity contribution in [2.75, 3.05) is 5.32 Å². The molecule has 0 fully saturated rings. The molecule has 0 saturated heterocycles. The molecule has 1 atom stereocenters. The third-order valence-corrected chi connectivity index (χ3v) is 3.66. The third-order valence-electron chi connectivity index (χ3n) is 3.66. The fourth-order valence-electron chi connectivity index (χ4n) is 2.34. The average Bonchev–Trinajstić information content (AvgIpc) is 3.10. The fourth-order valence-corrected chi connectivity index (χ4v) is 2.34. The van der Waals surface area contributed by atoms with Gasteiger partial charge in [-0.2, -0.15) is 5.21 Å². The average molecular weight is 325 g/mol. The number of rotatable bonds is 5. The molecule has 0 saturated carbocycles. The Bertz CT molecular complexity index is 800. The second-order valence-electron chi connectivity index (χ2n) is 5.51. The van der Waals surface area contributed by atoms with Crippen LogP contribution in [0.3, 0.4) is 0 Å². The molecule has 3 aromatic rings. The van der Waals surface area contributed by atoms with Crippen LogP contribution in [0.4, 0.5) is 10.1 Å². The summed E-state index contributed by atoms with van der Waals surface area (Å²) in [5.74, 6) is -0.900. The van der Waals surface area contributed by atoms with Gasteiger partial charge in [0.1, 0.15) is 11.7 Å². The molecule has 0 aliphatic carbocycles. The van der Waals surface area contributed by atoms with Crippen LogP contribution in [0.1, 0.15) is 22.9 Å². The number of benzene rings is 2. The molecule has 1 amide bonds. The number of halogens is 1. The molecule has 0 bridgehead atoms. The van der Waals surface area contributed by atoms with E-state index in [9.17, 15) is 9.18 Å². The first-order valence-corrected chi connectivity index (χ1v) is 7.47. The van der Waals surface area contributed by atoms with E-state index in [-0.39, 0.29) is 11.7 Å².